The summed E-state index contributed by atoms with van der Waals surface area (Å²) in [5.74, 6) is -0.593. The molecule has 0 saturated carbocycles. The Bertz CT molecular complexity index is 686. The van der Waals surface area contributed by atoms with Crippen LogP contribution < -0.4 is 10.1 Å². The molecule has 0 unspecified atom stereocenters. The van der Waals surface area contributed by atoms with E-state index in [2.05, 4.69) is 5.32 Å². The monoisotopic (exact) mass is 303 g/mol. The first-order chi connectivity index (χ1) is 10.5. The molecule has 0 fully saturated rings. The van der Waals surface area contributed by atoms with Gasteiger partial charge in [-0.3, -0.25) is 4.79 Å². The van der Waals surface area contributed by atoms with Crippen molar-refractivity contribution in [2.75, 3.05) is 12.4 Å². The smallest absolute Gasteiger partial charge is 0.228 e. The maximum absolute atomic E-state index is 13.6. The van der Waals surface area contributed by atoms with Crippen molar-refractivity contribution in [2.24, 2.45) is 0 Å². The van der Waals surface area contributed by atoms with E-state index in [0.717, 1.165) is 11.1 Å². The fraction of sp³-hybridized carbons (Fsp3) is 0.235. The number of hydrogen-bond acceptors (Lipinski definition) is 3. The van der Waals surface area contributed by atoms with Crippen LogP contribution in [-0.2, 0) is 17.8 Å². The van der Waals surface area contributed by atoms with Crippen LogP contribution in [-0.4, -0.2) is 18.1 Å². The van der Waals surface area contributed by atoms with Crippen molar-refractivity contribution in [3.8, 4) is 5.75 Å². The minimum Gasteiger partial charge on any atom is -0.494 e. The van der Waals surface area contributed by atoms with Gasteiger partial charge in [0.15, 0.2) is 11.6 Å². The highest BCUT2D eigenvalue weighted by Gasteiger charge is 2.09. The predicted molar refractivity (Wildman–Crippen MR) is 82.4 cm³/mol. The van der Waals surface area contributed by atoms with Crippen LogP contribution in [0.5, 0.6) is 5.75 Å². The summed E-state index contributed by atoms with van der Waals surface area (Å²) < 4.78 is 18.4. The second-order valence-electron chi connectivity index (χ2n) is 5.00. The molecule has 0 radical (unpaired) electrons. The van der Waals surface area contributed by atoms with Gasteiger partial charge in [-0.05, 0) is 41.8 Å². The zero-order valence-corrected chi connectivity index (χ0v) is 12.5. The second kappa shape index (κ2) is 7.04. The summed E-state index contributed by atoms with van der Waals surface area (Å²) in [5, 5.41) is 11.9. The SMILES string of the molecule is COc1ccc(CC(=O)Nc2cc(CO)ccc2C)cc1F. The first-order valence-electron chi connectivity index (χ1n) is 6.86. The average Bonchev–Trinajstić information content (AvgIpc) is 2.49. The molecule has 0 aliphatic rings. The van der Waals surface area contributed by atoms with Crippen molar-refractivity contribution in [2.45, 2.75) is 20.0 Å². The van der Waals surface area contributed by atoms with Crippen molar-refractivity contribution in [3.63, 3.8) is 0 Å². The molecule has 116 valence electrons. The Morgan fingerprint density at radius 1 is 1.23 bits per heavy atom. The number of halogens is 1. The molecule has 0 heterocycles. The number of hydrogen-bond donors (Lipinski definition) is 2. The molecule has 22 heavy (non-hydrogen) atoms. The van der Waals surface area contributed by atoms with Gasteiger partial charge in [-0.2, -0.15) is 0 Å². The number of anilines is 1. The molecule has 2 N–H and O–H groups in total. The van der Waals surface area contributed by atoms with E-state index in [4.69, 9.17) is 9.84 Å². The summed E-state index contributed by atoms with van der Waals surface area (Å²) in [4.78, 5) is 12.1. The van der Waals surface area contributed by atoms with Crippen LogP contribution in [0.3, 0.4) is 0 Å². The fourth-order valence-corrected chi connectivity index (χ4v) is 2.10. The lowest BCUT2D eigenvalue weighted by atomic mass is 10.1. The first kappa shape index (κ1) is 16.0. The molecule has 0 aliphatic heterocycles. The molecule has 5 heteroatoms. The summed E-state index contributed by atoms with van der Waals surface area (Å²) in [6.07, 6.45) is 0.0592. The number of aryl methyl sites for hydroxylation is 1. The molecule has 0 aromatic heterocycles. The number of amides is 1. The Balaban J connectivity index is 2.08. The quantitative estimate of drug-likeness (QED) is 0.893. The number of nitrogens with one attached hydrogen (secondary N) is 1. The Labute approximate surface area is 128 Å². The normalized spacial score (nSPS) is 10.4. The molecule has 0 bridgehead atoms. The third-order valence-electron chi connectivity index (χ3n) is 3.34. The summed E-state index contributed by atoms with van der Waals surface area (Å²) >= 11 is 0. The lowest BCUT2D eigenvalue weighted by Gasteiger charge is -2.10. The summed E-state index contributed by atoms with van der Waals surface area (Å²) in [6, 6.07) is 9.78. The number of aliphatic hydroxyl groups excluding tert-OH is 1. The lowest BCUT2D eigenvalue weighted by Crippen LogP contribution is -2.15. The van der Waals surface area contributed by atoms with Gasteiger partial charge in [0, 0.05) is 5.69 Å². The fourth-order valence-electron chi connectivity index (χ4n) is 2.10. The van der Waals surface area contributed by atoms with E-state index >= 15 is 0 Å². The molecular formula is C17H18FNO3. The van der Waals surface area contributed by atoms with Crippen LogP contribution in [0.1, 0.15) is 16.7 Å². The zero-order valence-electron chi connectivity index (χ0n) is 12.5. The molecule has 4 nitrogen and oxygen atoms in total. The molecule has 2 rings (SSSR count). The van der Waals surface area contributed by atoms with Crippen LogP contribution in [0, 0.1) is 12.7 Å². The van der Waals surface area contributed by atoms with Crippen LogP contribution in [0.25, 0.3) is 0 Å². The van der Waals surface area contributed by atoms with E-state index in [1.165, 1.54) is 19.2 Å². The third-order valence-corrected chi connectivity index (χ3v) is 3.34. The highest BCUT2D eigenvalue weighted by Crippen LogP contribution is 2.20. The van der Waals surface area contributed by atoms with E-state index in [9.17, 15) is 9.18 Å². The highest BCUT2D eigenvalue weighted by atomic mass is 19.1. The van der Waals surface area contributed by atoms with E-state index in [-0.39, 0.29) is 24.7 Å². The maximum atomic E-state index is 13.6. The number of aliphatic hydroxyl groups is 1. The molecule has 0 spiro atoms. The van der Waals surface area contributed by atoms with Gasteiger partial charge in [0.2, 0.25) is 5.91 Å². The van der Waals surface area contributed by atoms with Crippen LogP contribution in [0.4, 0.5) is 10.1 Å². The largest absolute Gasteiger partial charge is 0.494 e. The number of carbonyl (C=O) groups excluding carboxylic acids is 1. The van der Waals surface area contributed by atoms with Gasteiger partial charge < -0.3 is 15.2 Å². The molecular weight excluding hydrogens is 285 g/mol. The van der Waals surface area contributed by atoms with E-state index in [0.29, 0.717) is 11.3 Å². The van der Waals surface area contributed by atoms with Gasteiger partial charge >= 0.3 is 0 Å². The van der Waals surface area contributed by atoms with Crippen molar-refractivity contribution >= 4 is 11.6 Å². The lowest BCUT2D eigenvalue weighted by molar-refractivity contribution is -0.115. The third kappa shape index (κ3) is 3.83. The van der Waals surface area contributed by atoms with E-state index in [1.54, 1.807) is 18.2 Å². The van der Waals surface area contributed by atoms with Crippen molar-refractivity contribution in [1.82, 2.24) is 0 Å². The van der Waals surface area contributed by atoms with Gasteiger partial charge in [0.1, 0.15) is 0 Å². The van der Waals surface area contributed by atoms with Crippen LogP contribution >= 0.6 is 0 Å². The van der Waals surface area contributed by atoms with Gasteiger partial charge in [-0.1, -0.05) is 18.2 Å². The van der Waals surface area contributed by atoms with Gasteiger partial charge in [-0.25, -0.2) is 4.39 Å². The molecule has 2 aromatic rings. The molecule has 0 aliphatic carbocycles. The number of rotatable bonds is 5. The topological polar surface area (TPSA) is 58.6 Å². The van der Waals surface area contributed by atoms with Crippen molar-refractivity contribution in [3.05, 3.63) is 58.9 Å². The Hall–Kier alpha value is -2.40. The van der Waals surface area contributed by atoms with Crippen LogP contribution in [0.2, 0.25) is 0 Å². The van der Waals surface area contributed by atoms with E-state index in [1.807, 2.05) is 13.0 Å². The average molecular weight is 303 g/mol. The molecule has 2 aromatic carbocycles. The molecule has 0 saturated heterocycles. The number of carbonyl (C=O) groups is 1. The summed E-state index contributed by atoms with van der Waals surface area (Å²) in [5.41, 5.74) is 2.82. The van der Waals surface area contributed by atoms with Gasteiger partial charge in [0.25, 0.3) is 0 Å². The first-order valence-corrected chi connectivity index (χ1v) is 6.86. The number of benzene rings is 2. The Morgan fingerprint density at radius 2 is 1.95 bits per heavy atom. The van der Waals surface area contributed by atoms with Crippen molar-refractivity contribution < 1.29 is 19.0 Å². The molecule has 0 atom stereocenters. The predicted octanol–water partition coefficient (Wildman–Crippen LogP) is 2.82. The minimum atomic E-state index is -0.494. The highest BCUT2D eigenvalue weighted by molar-refractivity contribution is 5.93. The minimum absolute atomic E-state index is 0.0592. The Kier molecular flexibility index (Phi) is 5.12. The van der Waals surface area contributed by atoms with Crippen LogP contribution in [0.15, 0.2) is 36.4 Å². The second-order valence-corrected chi connectivity index (χ2v) is 5.00. The standard InChI is InChI=1S/C17H18FNO3/c1-11-3-4-13(10-20)8-15(11)19-17(21)9-12-5-6-16(22-2)14(18)7-12/h3-8,20H,9-10H2,1-2H3,(H,19,21). The maximum Gasteiger partial charge on any atom is 0.228 e. The zero-order chi connectivity index (χ0) is 16.1. The van der Waals surface area contributed by atoms with Gasteiger partial charge in [-0.15, -0.1) is 0 Å². The number of ether oxygens (including phenoxy) is 1. The van der Waals surface area contributed by atoms with E-state index < -0.39 is 5.82 Å². The summed E-state index contributed by atoms with van der Waals surface area (Å²) in [7, 11) is 1.39. The Morgan fingerprint density at radius 3 is 2.59 bits per heavy atom. The summed E-state index contributed by atoms with van der Waals surface area (Å²) in [6.45, 7) is 1.77. The molecule has 1 amide bonds. The van der Waals surface area contributed by atoms with Gasteiger partial charge in [0.05, 0.1) is 20.1 Å². The van der Waals surface area contributed by atoms with Crippen molar-refractivity contribution in [1.29, 1.82) is 0 Å². The number of methoxy groups -OCH3 is 1.